The number of carbonyl (C=O) groups excluding carboxylic acids is 1. The number of aromatic nitrogens is 3. The Bertz CT molecular complexity index is 1440. The molecule has 198 valence electrons. The molecule has 0 aliphatic carbocycles. The molecule has 0 saturated carbocycles. The van der Waals surface area contributed by atoms with Gasteiger partial charge in [-0.3, -0.25) is 9.20 Å². The topological polar surface area (TPSA) is 69.0 Å². The van der Waals surface area contributed by atoms with Crippen LogP contribution in [0.1, 0.15) is 19.0 Å². The van der Waals surface area contributed by atoms with Crippen molar-refractivity contribution in [3.05, 3.63) is 59.5 Å². The van der Waals surface area contributed by atoms with E-state index in [4.69, 9.17) is 9.97 Å². The first-order valence-corrected chi connectivity index (χ1v) is 14.1. The first-order chi connectivity index (χ1) is 18.5. The van der Waals surface area contributed by atoms with Crippen molar-refractivity contribution in [2.45, 2.75) is 19.8 Å². The molecule has 1 atom stereocenters. The first kappa shape index (κ1) is 24.8. The van der Waals surface area contributed by atoms with Crippen LogP contribution < -0.4 is 15.1 Å². The van der Waals surface area contributed by atoms with Gasteiger partial charge in [-0.1, -0.05) is 6.92 Å². The second kappa shape index (κ2) is 10.3. The summed E-state index contributed by atoms with van der Waals surface area (Å²) in [5.41, 5.74) is 4.73. The minimum absolute atomic E-state index is 0.129. The van der Waals surface area contributed by atoms with Gasteiger partial charge in [0.15, 0.2) is 5.13 Å². The number of thiazole rings is 1. The number of amides is 1. The number of rotatable bonds is 6. The van der Waals surface area contributed by atoms with Gasteiger partial charge in [-0.2, -0.15) is 0 Å². The fourth-order valence-electron chi connectivity index (χ4n) is 5.42. The predicted octanol–water partition coefficient (Wildman–Crippen LogP) is 4.19. The number of aryl methyl sites for hydroxylation is 1. The molecule has 10 heteroatoms. The molecule has 0 spiro atoms. The molecule has 5 heterocycles. The van der Waals surface area contributed by atoms with Crippen LogP contribution in [-0.4, -0.2) is 71.5 Å². The van der Waals surface area contributed by atoms with Gasteiger partial charge in [0, 0.05) is 56.9 Å². The number of hydrogen-bond acceptors (Lipinski definition) is 7. The van der Waals surface area contributed by atoms with Crippen LogP contribution in [0.4, 0.5) is 21.0 Å². The van der Waals surface area contributed by atoms with E-state index < -0.39 is 0 Å². The van der Waals surface area contributed by atoms with E-state index in [-0.39, 0.29) is 11.7 Å². The van der Waals surface area contributed by atoms with Gasteiger partial charge < -0.3 is 20.0 Å². The van der Waals surface area contributed by atoms with Crippen LogP contribution in [0.25, 0.3) is 16.9 Å². The maximum Gasteiger partial charge on any atom is 0.227 e. The average Bonchev–Trinajstić information content (AvgIpc) is 3.72. The van der Waals surface area contributed by atoms with Gasteiger partial charge in [-0.05, 0) is 55.8 Å². The zero-order valence-electron chi connectivity index (χ0n) is 21.7. The van der Waals surface area contributed by atoms with Gasteiger partial charge in [-0.25, -0.2) is 14.4 Å². The summed E-state index contributed by atoms with van der Waals surface area (Å²) in [4.78, 5) is 29.1. The molecular weight excluding hydrogens is 501 g/mol. The SMILES string of the molecule is CCc1nc2ccc(N3CCN(C(=O)C4CCNC4)CC3)cn2c1N(C)c1nc(-c2ccc(F)cc2)cs1. The quantitative estimate of drug-likeness (QED) is 0.401. The van der Waals surface area contributed by atoms with Crippen LogP contribution in [0.5, 0.6) is 0 Å². The van der Waals surface area contributed by atoms with Crippen LogP contribution in [0.2, 0.25) is 0 Å². The van der Waals surface area contributed by atoms with E-state index in [9.17, 15) is 9.18 Å². The molecule has 2 aliphatic heterocycles. The molecule has 6 rings (SSSR count). The standard InChI is InChI=1S/C28H32FN7OS/c1-3-23-26(33(2)28-32-24(18-38-28)19-4-6-21(29)7-5-19)36-17-22(8-9-25(36)31-23)34-12-14-35(15-13-34)27(37)20-10-11-30-16-20/h4-9,17-18,20,30H,3,10-16H2,1-2H3. The molecule has 38 heavy (non-hydrogen) atoms. The van der Waals surface area contributed by atoms with Crippen molar-refractivity contribution < 1.29 is 9.18 Å². The molecule has 2 aliphatic rings. The highest BCUT2D eigenvalue weighted by atomic mass is 32.1. The highest BCUT2D eigenvalue weighted by molar-refractivity contribution is 7.14. The number of piperazine rings is 1. The molecule has 3 aromatic heterocycles. The van der Waals surface area contributed by atoms with Crippen molar-refractivity contribution in [3.63, 3.8) is 0 Å². The Kier molecular flexibility index (Phi) is 6.75. The molecule has 0 bridgehead atoms. The summed E-state index contributed by atoms with van der Waals surface area (Å²) in [6.45, 7) is 6.97. The third kappa shape index (κ3) is 4.63. The van der Waals surface area contributed by atoms with Gasteiger partial charge in [0.05, 0.1) is 23.0 Å². The van der Waals surface area contributed by atoms with E-state index in [0.29, 0.717) is 5.91 Å². The zero-order valence-corrected chi connectivity index (χ0v) is 22.5. The third-order valence-electron chi connectivity index (χ3n) is 7.58. The Balaban J connectivity index is 1.24. The van der Waals surface area contributed by atoms with E-state index in [1.165, 1.54) is 12.1 Å². The van der Waals surface area contributed by atoms with Crippen LogP contribution in [0.3, 0.4) is 0 Å². The molecule has 1 unspecified atom stereocenters. The Morgan fingerprint density at radius 3 is 2.63 bits per heavy atom. The molecule has 2 saturated heterocycles. The summed E-state index contributed by atoms with van der Waals surface area (Å²) < 4.78 is 15.5. The Hall–Kier alpha value is -3.50. The predicted molar refractivity (Wildman–Crippen MR) is 150 cm³/mol. The number of imidazole rings is 1. The summed E-state index contributed by atoms with van der Waals surface area (Å²) in [6.07, 6.45) is 3.89. The maximum absolute atomic E-state index is 13.4. The number of anilines is 3. The second-order valence-electron chi connectivity index (χ2n) is 9.93. The van der Waals surface area contributed by atoms with Crippen LogP contribution in [0, 0.1) is 11.7 Å². The monoisotopic (exact) mass is 533 g/mol. The highest BCUT2D eigenvalue weighted by Crippen LogP contribution is 2.34. The molecule has 0 radical (unpaired) electrons. The molecule has 4 aromatic rings. The fraction of sp³-hybridized carbons (Fsp3) is 0.393. The number of fused-ring (bicyclic) bond motifs is 1. The van der Waals surface area contributed by atoms with Crippen LogP contribution >= 0.6 is 11.3 Å². The highest BCUT2D eigenvalue weighted by Gasteiger charge is 2.29. The number of pyridine rings is 1. The smallest absolute Gasteiger partial charge is 0.227 e. The number of benzene rings is 1. The van der Waals surface area contributed by atoms with Crippen molar-refractivity contribution in [1.82, 2.24) is 24.6 Å². The van der Waals surface area contributed by atoms with E-state index in [1.54, 1.807) is 23.5 Å². The summed E-state index contributed by atoms with van der Waals surface area (Å²) in [5.74, 6) is 1.16. The van der Waals surface area contributed by atoms with E-state index in [2.05, 4.69) is 44.8 Å². The lowest BCUT2D eigenvalue weighted by Gasteiger charge is -2.37. The Morgan fingerprint density at radius 1 is 1.13 bits per heavy atom. The lowest BCUT2D eigenvalue weighted by Crippen LogP contribution is -2.50. The number of hydrogen-bond donors (Lipinski definition) is 1. The van der Waals surface area contributed by atoms with E-state index >= 15 is 0 Å². The first-order valence-electron chi connectivity index (χ1n) is 13.2. The average molecular weight is 534 g/mol. The van der Waals surface area contributed by atoms with Crippen molar-refractivity contribution in [2.24, 2.45) is 5.92 Å². The minimum Gasteiger partial charge on any atom is -0.367 e. The van der Waals surface area contributed by atoms with Crippen LogP contribution in [-0.2, 0) is 11.2 Å². The number of carbonyl (C=O) groups is 1. The van der Waals surface area contributed by atoms with Crippen molar-refractivity contribution in [2.75, 3.05) is 56.1 Å². The Labute approximate surface area is 225 Å². The molecule has 1 N–H and O–H groups in total. The second-order valence-corrected chi connectivity index (χ2v) is 10.8. The van der Waals surface area contributed by atoms with Crippen molar-refractivity contribution >= 4 is 39.5 Å². The summed E-state index contributed by atoms with van der Waals surface area (Å²) in [7, 11) is 2.02. The summed E-state index contributed by atoms with van der Waals surface area (Å²) in [5, 5.41) is 6.15. The number of nitrogens with zero attached hydrogens (tertiary/aromatic N) is 6. The Morgan fingerprint density at radius 2 is 1.92 bits per heavy atom. The number of nitrogens with one attached hydrogen (secondary N) is 1. The molecule has 2 fully saturated rings. The van der Waals surface area contributed by atoms with Crippen molar-refractivity contribution in [3.8, 4) is 11.3 Å². The number of halogens is 1. The third-order valence-corrected chi connectivity index (χ3v) is 8.50. The van der Waals surface area contributed by atoms with Crippen LogP contribution in [0.15, 0.2) is 48.0 Å². The summed E-state index contributed by atoms with van der Waals surface area (Å²) in [6, 6.07) is 10.6. The lowest BCUT2D eigenvalue weighted by atomic mass is 10.1. The lowest BCUT2D eigenvalue weighted by molar-refractivity contribution is -0.135. The van der Waals surface area contributed by atoms with Gasteiger partial charge in [0.1, 0.15) is 17.3 Å². The zero-order chi connectivity index (χ0) is 26.2. The molecule has 8 nitrogen and oxygen atoms in total. The van der Waals surface area contributed by atoms with E-state index in [1.807, 2.05) is 17.3 Å². The summed E-state index contributed by atoms with van der Waals surface area (Å²) >= 11 is 1.56. The molecular formula is C28H32FN7OS. The largest absolute Gasteiger partial charge is 0.367 e. The van der Waals surface area contributed by atoms with Gasteiger partial charge >= 0.3 is 0 Å². The van der Waals surface area contributed by atoms with Crippen molar-refractivity contribution in [1.29, 1.82) is 0 Å². The molecule has 1 aromatic carbocycles. The van der Waals surface area contributed by atoms with Gasteiger partial charge in [0.2, 0.25) is 5.91 Å². The maximum atomic E-state index is 13.4. The van der Waals surface area contributed by atoms with E-state index in [0.717, 1.165) is 91.3 Å². The van der Waals surface area contributed by atoms with Gasteiger partial charge in [-0.15, -0.1) is 11.3 Å². The fourth-order valence-corrected chi connectivity index (χ4v) is 6.22. The minimum atomic E-state index is -0.255. The normalized spacial score (nSPS) is 17.9. The van der Waals surface area contributed by atoms with Gasteiger partial charge in [0.25, 0.3) is 0 Å². The molecule has 1 amide bonds.